The van der Waals surface area contributed by atoms with Crippen molar-refractivity contribution in [2.75, 3.05) is 37.9 Å². The van der Waals surface area contributed by atoms with Gasteiger partial charge in [0.05, 0.1) is 24.0 Å². The normalized spacial score (nSPS) is 11.4. The molecule has 0 atom stereocenters. The summed E-state index contributed by atoms with van der Waals surface area (Å²) in [7, 11) is 4.13. The molecule has 0 saturated heterocycles. The zero-order chi connectivity index (χ0) is 20.2. The molecule has 4 aromatic rings. The third-order valence-electron chi connectivity index (χ3n) is 5.14. The fourth-order valence-electron chi connectivity index (χ4n) is 3.61. The van der Waals surface area contributed by atoms with Crippen molar-refractivity contribution in [1.82, 2.24) is 14.5 Å². The van der Waals surface area contributed by atoms with E-state index in [-0.39, 0.29) is 0 Å². The molecule has 150 valence electrons. The van der Waals surface area contributed by atoms with Gasteiger partial charge in [0, 0.05) is 38.3 Å². The molecule has 0 aliphatic heterocycles. The molecule has 0 fully saturated rings. The van der Waals surface area contributed by atoms with Crippen molar-refractivity contribution in [3.8, 4) is 0 Å². The number of aromatic nitrogens is 3. The molecule has 0 aliphatic carbocycles. The summed E-state index contributed by atoms with van der Waals surface area (Å²) in [6.45, 7) is 2.11. The number of ether oxygens (including phenoxy) is 1. The molecule has 4 rings (SSSR count). The van der Waals surface area contributed by atoms with E-state index in [0.29, 0.717) is 12.4 Å². The van der Waals surface area contributed by atoms with Crippen LogP contribution < -0.4 is 10.6 Å². The Morgan fingerprint density at radius 2 is 1.93 bits per heavy atom. The van der Waals surface area contributed by atoms with Gasteiger partial charge in [-0.3, -0.25) is 0 Å². The monoisotopic (exact) mass is 389 g/mol. The summed E-state index contributed by atoms with van der Waals surface area (Å²) in [5.41, 5.74) is 11.3. The second-order valence-corrected chi connectivity index (χ2v) is 7.43. The van der Waals surface area contributed by atoms with E-state index in [1.807, 2.05) is 24.5 Å². The van der Waals surface area contributed by atoms with Crippen LogP contribution in [0.25, 0.3) is 21.9 Å². The van der Waals surface area contributed by atoms with E-state index in [9.17, 15) is 0 Å². The van der Waals surface area contributed by atoms with Crippen LogP contribution in [0.1, 0.15) is 12.0 Å². The van der Waals surface area contributed by atoms with Gasteiger partial charge >= 0.3 is 0 Å². The topological polar surface area (TPSA) is 69.2 Å². The molecule has 0 radical (unpaired) electrons. The lowest BCUT2D eigenvalue weighted by Gasteiger charge is -2.13. The molecule has 0 saturated carbocycles. The van der Waals surface area contributed by atoms with E-state index in [4.69, 9.17) is 10.5 Å². The summed E-state index contributed by atoms with van der Waals surface area (Å²) in [6, 6.07) is 16.7. The van der Waals surface area contributed by atoms with Crippen LogP contribution in [0.5, 0.6) is 0 Å². The summed E-state index contributed by atoms with van der Waals surface area (Å²) in [5, 5.41) is 1.06. The Morgan fingerprint density at radius 3 is 2.79 bits per heavy atom. The largest absolute Gasteiger partial charge is 0.382 e. The molecular weight excluding hydrogens is 362 g/mol. The maximum atomic E-state index is 6.09. The van der Waals surface area contributed by atoms with E-state index in [1.165, 1.54) is 11.3 Å². The first kappa shape index (κ1) is 19.2. The van der Waals surface area contributed by atoms with Crippen LogP contribution in [0.3, 0.4) is 0 Å². The highest BCUT2D eigenvalue weighted by Gasteiger charge is 2.11. The number of hydrogen-bond donors (Lipinski definition) is 1. The Hall–Kier alpha value is -3.12. The van der Waals surface area contributed by atoms with Gasteiger partial charge in [-0.1, -0.05) is 30.3 Å². The van der Waals surface area contributed by atoms with E-state index < -0.39 is 0 Å². The van der Waals surface area contributed by atoms with Crippen LogP contribution in [0.2, 0.25) is 0 Å². The summed E-state index contributed by atoms with van der Waals surface area (Å²) < 4.78 is 8.00. The summed E-state index contributed by atoms with van der Waals surface area (Å²) in [4.78, 5) is 11.0. The Labute approximate surface area is 170 Å². The maximum Gasteiger partial charge on any atom is 0.152 e. The van der Waals surface area contributed by atoms with Crippen LogP contribution in [-0.4, -0.2) is 41.8 Å². The van der Waals surface area contributed by atoms with Gasteiger partial charge in [-0.25, -0.2) is 9.97 Å². The van der Waals surface area contributed by atoms with Crippen molar-refractivity contribution in [2.45, 2.75) is 19.4 Å². The van der Waals surface area contributed by atoms with Gasteiger partial charge in [0.25, 0.3) is 0 Å². The van der Waals surface area contributed by atoms with Crippen LogP contribution in [0, 0.1) is 0 Å². The number of nitrogen functional groups attached to an aromatic ring is 1. The number of pyridine rings is 1. The van der Waals surface area contributed by atoms with E-state index in [0.717, 1.165) is 47.9 Å². The van der Waals surface area contributed by atoms with E-state index in [2.05, 4.69) is 63.9 Å². The molecule has 6 heteroatoms. The number of nitrogens with zero attached hydrogens (tertiary/aromatic N) is 4. The molecule has 29 heavy (non-hydrogen) atoms. The molecule has 0 aliphatic rings. The zero-order valence-electron chi connectivity index (χ0n) is 17.0. The molecule has 2 aromatic heterocycles. The van der Waals surface area contributed by atoms with Crippen LogP contribution >= 0.6 is 0 Å². The quantitative estimate of drug-likeness (QED) is 0.463. The smallest absolute Gasteiger partial charge is 0.152 e. The molecule has 0 unspecified atom stereocenters. The van der Waals surface area contributed by atoms with Gasteiger partial charge < -0.3 is 19.9 Å². The second-order valence-electron chi connectivity index (χ2n) is 7.43. The Morgan fingerprint density at radius 1 is 1.07 bits per heavy atom. The van der Waals surface area contributed by atoms with Crippen molar-refractivity contribution in [3.05, 3.63) is 60.4 Å². The highest BCUT2D eigenvalue weighted by atomic mass is 16.5. The highest BCUT2D eigenvalue weighted by molar-refractivity contribution is 6.06. The number of aryl methyl sites for hydroxylation is 1. The van der Waals surface area contributed by atoms with Crippen molar-refractivity contribution >= 4 is 33.4 Å². The third kappa shape index (κ3) is 4.17. The van der Waals surface area contributed by atoms with Crippen molar-refractivity contribution < 1.29 is 4.74 Å². The predicted molar refractivity (Wildman–Crippen MR) is 119 cm³/mol. The van der Waals surface area contributed by atoms with E-state index in [1.54, 1.807) is 0 Å². The Balaban J connectivity index is 1.33. The number of fused-ring (bicyclic) bond motifs is 3. The number of hydrogen-bond acceptors (Lipinski definition) is 5. The number of nitrogens with two attached hydrogens (primary N) is 1. The molecule has 2 aromatic carbocycles. The maximum absolute atomic E-state index is 6.09. The summed E-state index contributed by atoms with van der Waals surface area (Å²) in [6.07, 6.45) is 3.84. The fraction of sp³-hybridized carbons (Fsp3) is 0.304. The van der Waals surface area contributed by atoms with E-state index >= 15 is 0 Å². The first-order valence-electron chi connectivity index (χ1n) is 9.96. The predicted octanol–water partition coefficient (Wildman–Crippen LogP) is 3.88. The zero-order valence-corrected chi connectivity index (χ0v) is 17.0. The first-order valence-corrected chi connectivity index (χ1v) is 9.96. The third-order valence-corrected chi connectivity index (χ3v) is 5.14. The number of anilines is 2. The van der Waals surface area contributed by atoms with Gasteiger partial charge in [-0.05, 0) is 36.6 Å². The van der Waals surface area contributed by atoms with Crippen molar-refractivity contribution in [1.29, 1.82) is 0 Å². The number of rotatable bonds is 8. The standard InChI is InChI=1S/C23H27N5O/c1-27(2)18-9-5-7-17(15-18)8-6-13-29-14-12-28-16-25-21-22(28)19-10-3-4-11-20(19)26-23(21)24/h3-5,7,9-11,15-16H,6,8,12-14H2,1-2H3,(H2,24,26). The van der Waals surface area contributed by atoms with Crippen LogP contribution in [-0.2, 0) is 17.7 Å². The van der Waals surface area contributed by atoms with Crippen LogP contribution in [0.15, 0.2) is 54.9 Å². The lowest BCUT2D eigenvalue weighted by Crippen LogP contribution is -2.09. The lowest BCUT2D eigenvalue weighted by atomic mass is 10.1. The SMILES string of the molecule is CN(C)c1cccc(CCCOCCn2cnc3c(N)nc4ccccc4c32)c1. The lowest BCUT2D eigenvalue weighted by molar-refractivity contribution is 0.125. The molecule has 0 bridgehead atoms. The minimum atomic E-state index is 0.471. The Bertz CT molecular complexity index is 1120. The molecule has 2 N–H and O–H groups in total. The summed E-state index contributed by atoms with van der Waals surface area (Å²) in [5.74, 6) is 0.471. The van der Waals surface area contributed by atoms with Gasteiger partial charge in [-0.2, -0.15) is 0 Å². The highest BCUT2D eigenvalue weighted by Crippen LogP contribution is 2.26. The second kappa shape index (κ2) is 8.49. The number of benzene rings is 2. The molecule has 2 heterocycles. The minimum Gasteiger partial charge on any atom is -0.382 e. The summed E-state index contributed by atoms with van der Waals surface area (Å²) >= 11 is 0. The average Bonchev–Trinajstić information content (AvgIpc) is 3.16. The number of imidazole rings is 1. The van der Waals surface area contributed by atoms with Crippen molar-refractivity contribution in [2.24, 2.45) is 0 Å². The van der Waals surface area contributed by atoms with Gasteiger partial charge in [0.15, 0.2) is 5.82 Å². The minimum absolute atomic E-state index is 0.471. The molecule has 0 spiro atoms. The molecular formula is C23H27N5O. The van der Waals surface area contributed by atoms with Gasteiger partial charge in [-0.15, -0.1) is 0 Å². The average molecular weight is 390 g/mol. The van der Waals surface area contributed by atoms with Gasteiger partial charge in [0.1, 0.15) is 5.52 Å². The molecule has 0 amide bonds. The van der Waals surface area contributed by atoms with Gasteiger partial charge in [0.2, 0.25) is 0 Å². The Kier molecular flexibility index (Phi) is 5.62. The molecule has 6 nitrogen and oxygen atoms in total. The van der Waals surface area contributed by atoms with Crippen molar-refractivity contribution in [3.63, 3.8) is 0 Å². The first-order chi connectivity index (χ1) is 14.1. The number of para-hydroxylation sites is 1. The van der Waals surface area contributed by atoms with Crippen LogP contribution in [0.4, 0.5) is 11.5 Å². The fourth-order valence-corrected chi connectivity index (χ4v) is 3.61.